The quantitative estimate of drug-likeness (QED) is 0.821. The molecule has 86 valence electrons. The molecule has 2 rings (SSSR count). The molecule has 4 heteroatoms. The second kappa shape index (κ2) is 4.78. The molecule has 1 aliphatic carbocycles. The van der Waals surface area contributed by atoms with Gasteiger partial charge in [0.05, 0.1) is 15.6 Å². The number of hydrogen-bond acceptors (Lipinski definition) is 3. The molecule has 0 atom stereocenters. The Balaban J connectivity index is 2.17. The number of rotatable bonds is 3. The molecule has 3 nitrogen and oxygen atoms in total. The van der Waals surface area contributed by atoms with Gasteiger partial charge in [0.2, 0.25) is 0 Å². The van der Waals surface area contributed by atoms with Crippen molar-refractivity contribution in [2.75, 3.05) is 0 Å². The molecule has 0 unspecified atom stereocenters. The molecule has 1 saturated carbocycles. The molecule has 0 saturated heterocycles. The van der Waals surface area contributed by atoms with Gasteiger partial charge in [-0.05, 0) is 25.8 Å². The van der Waals surface area contributed by atoms with Crippen LogP contribution in [0.3, 0.4) is 0 Å². The van der Waals surface area contributed by atoms with Crippen LogP contribution in [0.2, 0.25) is 0 Å². The highest BCUT2D eigenvalue weighted by Gasteiger charge is 2.20. The van der Waals surface area contributed by atoms with Gasteiger partial charge in [-0.15, -0.1) is 11.3 Å². The first kappa shape index (κ1) is 11.3. The van der Waals surface area contributed by atoms with Gasteiger partial charge in [0.25, 0.3) is 0 Å². The van der Waals surface area contributed by atoms with Crippen LogP contribution in [-0.2, 0) is 4.79 Å². The Morgan fingerprint density at radius 1 is 1.50 bits per heavy atom. The Hall–Kier alpha value is -1.16. The van der Waals surface area contributed by atoms with E-state index in [-0.39, 0.29) is 0 Å². The smallest absolute Gasteiger partial charge is 0.328 e. The summed E-state index contributed by atoms with van der Waals surface area (Å²) < 4.78 is 0. The highest BCUT2D eigenvalue weighted by Crippen LogP contribution is 2.37. The van der Waals surface area contributed by atoms with Gasteiger partial charge in [-0.25, -0.2) is 9.78 Å². The summed E-state index contributed by atoms with van der Waals surface area (Å²) in [5, 5.41) is 9.76. The van der Waals surface area contributed by atoms with Crippen molar-refractivity contribution in [2.45, 2.75) is 38.5 Å². The van der Waals surface area contributed by atoms with Crippen LogP contribution in [0.15, 0.2) is 6.08 Å². The van der Waals surface area contributed by atoms with Crippen molar-refractivity contribution < 1.29 is 9.90 Å². The van der Waals surface area contributed by atoms with E-state index >= 15 is 0 Å². The molecule has 1 aromatic heterocycles. The van der Waals surface area contributed by atoms with E-state index in [4.69, 9.17) is 5.11 Å². The maximum absolute atomic E-state index is 10.4. The molecule has 1 N–H and O–H groups in total. The fourth-order valence-electron chi connectivity index (χ4n) is 2.08. The number of nitrogens with zero attached hydrogens (tertiary/aromatic N) is 1. The van der Waals surface area contributed by atoms with Crippen LogP contribution in [0, 0.1) is 6.92 Å². The largest absolute Gasteiger partial charge is 0.478 e. The molecule has 1 aromatic rings. The van der Waals surface area contributed by atoms with E-state index in [1.54, 1.807) is 17.4 Å². The lowest BCUT2D eigenvalue weighted by molar-refractivity contribution is -0.131. The molecule has 0 bridgehead atoms. The average molecular weight is 237 g/mol. The normalized spacial score (nSPS) is 17.3. The van der Waals surface area contributed by atoms with E-state index in [2.05, 4.69) is 4.98 Å². The van der Waals surface area contributed by atoms with Crippen LogP contribution >= 0.6 is 11.3 Å². The minimum absolute atomic E-state index is 0.607. The van der Waals surface area contributed by atoms with Gasteiger partial charge in [0.1, 0.15) is 0 Å². The van der Waals surface area contributed by atoms with Gasteiger partial charge < -0.3 is 5.11 Å². The molecular formula is C12H15NO2S. The third-order valence-electron chi connectivity index (χ3n) is 2.93. The zero-order chi connectivity index (χ0) is 11.5. The molecule has 0 aliphatic heterocycles. The van der Waals surface area contributed by atoms with Crippen LogP contribution in [-0.4, -0.2) is 16.1 Å². The van der Waals surface area contributed by atoms with Crippen molar-refractivity contribution in [3.63, 3.8) is 0 Å². The van der Waals surface area contributed by atoms with Crippen LogP contribution in [0.4, 0.5) is 0 Å². The molecule has 0 radical (unpaired) electrons. The van der Waals surface area contributed by atoms with Crippen LogP contribution in [0.1, 0.15) is 47.2 Å². The Kier molecular flexibility index (Phi) is 3.39. The molecule has 1 aliphatic rings. The number of aromatic nitrogens is 1. The van der Waals surface area contributed by atoms with E-state index in [0.29, 0.717) is 5.92 Å². The van der Waals surface area contributed by atoms with E-state index in [0.717, 1.165) is 10.6 Å². The van der Waals surface area contributed by atoms with Crippen molar-refractivity contribution in [1.29, 1.82) is 0 Å². The number of hydrogen-bond donors (Lipinski definition) is 1. The highest BCUT2D eigenvalue weighted by atomic mass is 32.1. The molecular weight excluding hydrogens is 222 g/mol. The topological polar surface area (TPSA) is 50.2 Å². The standard InChI is InChI=1S/C12H15NO2S/c1-8-10(6-7-11(14)15)16-12(13-8)9-4-2-3-5-9/h6-7,9H,2-5H2,1H3,(H,14,15)/b7-6+. The number of aliphatic carboxylic acids is 1. The van der Waals surface area contributed by atoms with Gasteiger partial charge >= 0.3 is 5.97 Å². The summed E-state index contributed by atoms with van der Waals surface area (Å²) in [5.41, 5.74) is 0.949. The average Bonchev–Trinajstić information content (AvgIpc) is 2.83. The van der Waals surface area contributed by atoms with Crippen molar-refractivity contribution in [3.05, 3.63) is 21.7 Å². The van der Waals surface area contributed by atoms with Gasteiger partial charge in [0.15, 0.2) is 0 Å². The second-order valence-corrected chi connectivity index (χ2v) is 5.22. The zero-order valence-electron chi connectivity index (χ0n) is 9.27. The minimum atomic E-state index is -0.907. The molecule has 0 aromatic carbocycles. The molecule has 1 heterocycles. The van der Waals surface area contributed by atoms with Gasteiger partial charge in [-0.3, -0.25) is 0 Å². The first-order valence-electron chi connectivity index (χ1n) is 5.55. The lowest BCUT2D eigenvalue weighted by Gasteiger charge is -2.01. The highest BCUT2D eigenvalue weighted by molar-refractivity contribution is 7.12. The van der Waals surface area contributed by atoms with Gasteiger partial charge in [-0.2, -0.15) is 0 Å². The fourth-order valence-corrected chi connectivity index (χ4v) is 3.22. The minimum Gasteiger partial charge on any atom is -0.478 e. The molecule has 0 amide bonds. The first-order valence-corrected chi connectivity index (χ1v) is 6.37. The Morgan fingerprint density at radius 2 is 2.19 bits per heavy atom. The number of thiazole rings is 1. The number of carboxylic acid groups (broad SMARTS) is 1. The predicted molar refractivity (Wildman–Crippen MR) is 64.7 cm³/mol. The zero-order valence-corrected chi connectivity index (χ0v) is 10.1. The third-order valence-corrected chi connectivity index (χ3v) is 4.22. The van der Waals surface area contributed by atoms with Crippen molar-refractivity contribution in [2.24, 2.45) is 0 Å². The van der Waals surface area contributed by atoms with E-state index in [1.165, 1.54) is 36.8 Å². The first-order chi connectivity index (χ1) is 7.66. The summed E-state index contributed by atoms with van der Waals surface area (Å²) in [7, 11) is 0. The SMILES string of the molecule is Cc1nc(C2CCCC2)sc1/C=C/C(=O)O. The monoisotopic (exact) mass is 237 g/mol. The number of carbonyl (C=O) groups is 1. The van der Waals surface area contributed by atoms with Crippen molar-refractivity contribution in [1.82, 2.24) is 4.98 Å². The van der Waals surface area contributed by atoms with E-state index in [9.17, 15) is 4.79 Å². The maximum Gasteiger partial charge on any atom is 0.328 e. The molecule has 16 heavy (non-hydrogen) atoms. The number of carboxylic acids is 1. The predicted octanol–water partition coefficient (Wildman–Crippen LogP) is 3.21. The summed E-state index contributed by atoms with van der Waals surface area (Å²) in [6, 6.07) is 0. The van der Waals surface area contributed by atoms with Crippen LogP contribution < -0.4 is 0 Å². The molecule has 1 fully saturated rings. The number of aryl methyl sites for hydroxylation is 1. The maximum atomic E-state index is 10.4. The summed E-state index contributed by atoms with van der Waals surface area (Å²) >= 11 is 1.64. The molecule has 0 spiro atoms. The van der Waals surface area contributed by atoms with Crippen LogP contribution in [0.25, 0.3) is 6.08 Å². The van der Waals surface area contributed by atoms with Crippen LogP contribution in [0.5, 0.6) is 0 Å². The Morgan fingerprint density at radius 3 is 2.81 bits per heavy atom. The van der Waals surface area contributed by atoms with Gasteiger partial charge in [-0.1, -0.05) is 12.8 Å². The van der Waals surface area contributed by atoms with E-state index < -0.39 is 5.97 Å². The summed E-state index contributed by atoms with van der Waals surface area (Å²) in [5.74, 6) is -0.300. The third kappa shape index (κ3) is 2.50. The lowest BCUT2D eigenvalue weighted by Crippen LogP contribution is -1.90. The van der Waals surface area contributed by atoms with Crippen molar-refractivity contribution >= 4 is 23.4 Å². The Bertz CT molecular complexity index is 417. The van der Waals surface area contributed by atoms with Gasteiger partial charge in [0, 0.05) is 12.0 Å². The lowest BCUT2D eigenvalue weighted by atomic mass is 10.1. The summed E-state index contributed by atoms with van der Waals surface area (Å²) in [6.45, 7) is 1.94. The van der Waals surface area contributed by atoms with Crippen molar-refractivity contribution in [3.8, 4) is 0 Å². The van der Waals surface area contributed by atoms with E-state index in [1.807, 2.05) is 6.92 Å². The second-order valence-electron chi connectivity index (χ2n) is 4.15. The Labute approximate surface area is 98.8 Å². The summed E-state index contributed by atoms with van der Waals surface area (Å²) in [6.07, 6.45) is 7.88. The fraction of sp³-hybridized carbons (Fsp3) is 0.500. The summed E-state index contributed by atoms with van der Waals surface area (Å²) in [4.78, 5) is 16.0.